The number of rotatable bonds is 4. The average molecular weight is 256 g/mol. The van der Waals surface area contributed by atoms with Gasteiger partial charge in [0.15, 0.2) is 0 Å². The van der Waals surface area contributed by atoms with Gasteiger partial charge in [0.2, 0.25) is 0 Å². The van der Waals surface area contributed by atoms with Gasteiger partial charge in [-0.2, -0.15) is 0 Å². The van der Waals surface area contributed by atoms with E-state index in [-0.39, 0.29) is 12.2 Å². The fourth-order valence-corrected chi connectivity index (χ4v) is 1.91. The molecule has 1 atom stereocenters. The predicted molar refractivity (Wildman–Crippen MR) is 74.7 cm³/mol. The standard InChI is InChI=1S/C16H16O3/c1-3-19-16(18)11(2)15(17)14-9-8-12-6-4-5-7-13(12)10-14/h4-10,15,17H,2-3H2,1H3. The summed E-state index contributed by atoms with van der Waals surface area (Å²) >= 11 is 0. The van der Waals surface area contributed by atoms with Crippen molar-refractivity contribution in [1.82, 2.24) is 0 Å². The molecule has 19 heavy (non-hydrogen) atoms. The summed E-state index contributed by atoms with van der Waals surface area (Å²) in [5.74, 6) is -0.567. The summed E-state index contributed by atoms with van der Waals surface area (Å²) in [6.07, 6.45) is -1.04. The van der Waals surface area contributed by atoms with Gasteiger partial charge in [0.1, 0.15) is 6.10 Å². The third kappa shape index (κ3) is 2.83. The monoisotopic (exact) mass is 256 g/mol. The Bertz CT molecular complexity index is 616. The fourth-order valence-electron chi connectivity index (χ4n) is 1.91. The van der Waals surface area contributed by atoms with Crippen molar-refractivity contribution in [2.24, 2.45) is 0 Å². The van der Waals surface area contributed by atoms with Gasteiger partial charge in [-0.05, 0) is 29.3 Å². The van der Waals surface area contributed by atoms with Gasteiger partial charge in [0, 0.05) is 0 Å². The van der Waals surface area contributed by atoms with E-state index in [9.17, 15) is 9.90 Å². The molecule has 0 saturated heterocycles. The molecule has 0 aliphatic rings. The number of aliphatic hydroxyl groups excluding tert-OH is 1. The molecule has 0 fully saturated rings. The van der Waals surface area contributed by atoms with Crippen molar-refractivity contribution in [2.45, 2.75) is 13.0 Å². The minimum absolute atomic E-state index is 0.0529. The molecule has 0 saturated carbocycles. The van der Waals surface area contributed by atoms with E-state index in [0.717, 1.165) is 10.8 Å². The molecular formula is C16H16O3. The zero-order chi connectivity index (χ0) is 13.8. The van der Waals surface area contributed by atoms with Crippen molar-refractivity contribution >= 4 is 16.7 Å². The largest absolute Gasteiger partial charge is 0.463 e. The lowest BCUT2D eigenvalue weighted by Gasteiger charge is -2.13. The highest BCUT2D eigenvalue weighted by atomic mass is 16.5. The highest BCUT2D eigenvalue weighted by Gasteiger charge is 2.19. The fraction of sp³-hybridized carbons (Fsp3) is 0.188. The van der Waals surface area contributed by atoms with Gasteiger partial charge in [-0.3, -0.25) is 0 Å². The molecule has 1 N–H and O–H groups in total. The predicted octanol–water partition coefficient (Wildman–Crippen LogP) is 2.99. The van der Waals surface area contributed by atoms with Crippen LogP contribution in [0.2, 0.25) is 0 Å². The van der Waals surface area contributed by atoms with Crippen LogP contribution < -0.4 is 0 Å². The molecule has 2 aromatic carbocycles. The molecule has 0 spiro atoms. The molecule has 0 aromatic heterocycles. The summed E-state index contributed by atoms with van der Waals surface area (Å²) in [4.78, 5) is 11.5. The number of aliphatic hydroxyl groups is 1. The summed E-state index contributed by atoms with van der Waals surface area (Å²) in [5.41, 5.74) is 0.689. The van der Waals surface area contributed by atoms with Gasteiger partial charge in [-0.25, -0.2) is 4.79 Å². The van der Waals surface area contributed by atoms with Crippen LogP contribution in [0.5, 0.6) is 0 Å². The molecule has 0 radical (unpaired) electrons. The minimum atomic E-state index is -1.04. The highest BCUT2D eigenvalue weighted by molar-refractivity contribution is 5.90. The Morgan fingerprint density at radius 2 is 1.95 bits per heavy atom. The molecule has 0 heterocycles. The molecule has 0 bridgehead atoms. The SMILES string of the molecule is C=C(C(=O)OCC)C(O)c1ccc2ccccc2c1. The third-order valence-corrected chi connectivity index (χ3v) is 2.96. The number of ether oxygens (including phenoxy) is 1. The smallest absolute Gasteiger partial charge is 0.336 e. The van der Waals surface area contributed by atoms with Gasteiger partial charge in [0.25, 0.3) is 0 Å². The average Bonchev–Trinajstić information content (AvgIpc) is 2.45. The maximum Gasteiger partial charge on any atom is 0.336 e. The summed E-state index contributed by atoms with van der Waals surface area (Å²) in [5, 5.41) is 12.2. The summed E-state index contributed by atoms with van der Waals surface area (Å²) in [6.45, 7) is 5.59. The van der Waals surface area contributed by atoms with Gasteiger partial charge in [-0.15, -0.1) is 0 Å². The first-order valence-electron chi connectivity index (χ1n) is 6.16. The molecular weight excluding hydrogens is 240 g/mol. The van der Waals surface area contributed by atoms with Crippen LogP contribution in [-0.2, 0) is 9.53 Å². The summed E-state index contributed by atoms with van der Waals surface area (Å²) in [7, 11) is 0. The second-order valence-electron chi connectivity index (χ2n) is 4.25. The van der Waals surface area contributed by atoms with Gasteiger partial charge in [-0.1, -0.05) is 43.0 Å². The number of esters is 1. The van der Waals surface area contributed by atoms with Crippen molar-refractivity contribution < 1.29 is 14.6 Å². The van der Waals surface area contributed by atoms with Crippen molar-refractivity contribution in [3.8, 4) is 0 Å². The molecule has 0 amide bonds. The van der Waals surface area contributed by atoms with E-state index >= 15 is 0 Å². The molecule has 3 heteroatoms. The molecule has 2 aromatic rings. The molecule has 0 aliphatic carbocycles. The van der Waals surface area contributed by atoms with Crippen LogP contribution in [-0.4, -0.2) is 17.7 Å². The van der Waals surface area contributed by atoms with Crippen molar-refractivity contribution in [3.05, 3.63) is 60.2 Å². The van der Waals surface area contributed by atoms with E-state index in [1.165, 1.54) is 0 Å². The number of carbonyl (C=O) groups is 1. The van der Waals surface area contributed by atoms with E-state index in [0.29, 0.717) is 5.56 Å². The third-order valence-electron chi connectivity index (χ3n) is 2.96. The zero-order valence-corrected chi connectivity index (χ0v) is 10.8. The van der Waals surface area contributed by atoms with E-state index < -0.39 is 12.1 Å². The number of benzene rings is 2. The zero-order valence-electron chi connectivity index (χ0n) is 10.8. The maximum atomic E-state index is 11.5. The Kier molecular flexibility index (Phi) is 3.97. The highest BCUT2D eigenvalue weighted by Crippen LogP contribution is 2.25. The second-order valence-corrected chi connectivity index (χ2v) is 4.25. The van der Waals surface area contributed by atoms with Crippen LogP contribution in [0.15, 0.2) is 54.6 Å². The van der Waals surface area contributed by atoms with Crippen LogP contribution in [0.3, 0.4) is 0 Å². The lowest BCUT2D eigenvalue weighted by molar-refractivity contribution is -0.139. The lowest BCUT2D eigenvalue weighted by Crippen LogP contribution is -2.13. The van der Waals surface area contributed by atoms with Crippen LogP contribution in [0.4, 0.5) is 0 Å². The van der Waals surface area contributed by atoms with Gasteiger partial charge < -0.3 is 9.84 Å². The normalized spacial score (nSPS) is 12.1. The summed E-state index contributed by atoms with van der Waals surface area (Å²) < 4.78 is 4.84. The van der Waals surface area contributed by atoms with Crippen molar-refractivity contribution in [3.63, 3.8) is 0 Å². The van der Waals surface area contributed by atoms with E-state index in [4.69, 9.17) is 4.74 Å². The Morgan fingerprint density at radius 1 is 1.26 bits per heavy atom. The number of hydrogen-bond acceptors (Lipinski definition) is 3. The second kappa shape index (κ2) is 5.67. The van der Waals surface area contributed by atoms with Crippen LogP contribution in [0.1, 0.15) is 18.6 Å². The van der Waals surface area contributed by atoms with Crippen LogP contribution >= 0.6 is 0 Å². The first kappa shape index (κ1) is 13.3. The van der Waals surface area contributed by atoms with Crippen LogP contribution in [0, 0.1) is 0 Å². The van der Waals surface area contributed by atoms with Crippen molar-refractivity contribution in [2.75, 3.05) is 6.61 Å². The molecule has 1 unspecified atom stereocenters. The van der Waals surface area contributed by atoms with E-state index in [1.807, 2.05) is 36.4 Å². The number of fused-ring (bicyclic) bond motifs is 1. The Morgan fingerprint density at radius 3 is 2.63 bits per heavy atom. The number of carbonyl (C=O) groups excluding carboxylic acids is 1. The Hall–Kier alpha value is -2.13. The molecule has 3 nitrogen and oxygen atoms in total. The maximum absolute atomic E-state index is 11.5. The molecule has 0 aliphatic heterocycles. The Balaban J connectivity index is 2.28. The summed E-state index contributed by atoms with van der Waals surface area (Å²) in [6, 6.07) is 13.4. The quantitative estimate of drug-likeness (QED) is 0.675. The first-order chi connectivity index (χ1) is 9.13. The van der Waals surface area contributed by atoms with Gasteiger partial charge >= 0.3 is 5.97 Å². The lowest BCUT2D eigenvalue weighted by atomic mass is 9.99. The molecule has 98 valence electrons. The van der Waals surface area contributed by atoms with Crippen molar-refractivity contribution in [1.29, 1.82) is 0 Å². The van der Waals surface area contributed by atoms with E-state index in [2.05, 4.69) is 6.58 Å². The van der Waals surface area contributed by atoms with Crippen LogP contribution in [0.25, 0.3) is 10.8 Å². The topological polar surface area (TPSA) is 46.5 Å². The minimum Gasteiger partial charge on any atom is -0.463 e. The first-order valence-corrected chi connectivity index (χ1v) is 6.16. The number of hydrogen-bond donors (Lipinski definition) is 1. The Labute approximate surface area is 112 Å². The van der Waals surface area contributed by atoms with E-state index in [1.54, 1.807) is 13.0 Å². The molecule has 2 rings (SSSR count). The van der Waals surface area contributed by atoms with Gasteiger partial charge in [0.05, 0.1) is 12.2 Å².